The van der Waals surface area contributed by atoms with E-state index in [9.17, 15) is 14.7 Å². The highest BCUT2D eigenvalue weighted by atomic mass is 35.5. The fraction of sp³-hybridized carbons (Fsp3) is 0.500. The van der Waals surface area contributed by atoms with Crippen molar-refractivity contribution in [3.63, 3.8) is 0 Å². The lowest BCUT2D eigenvalue weighted by Gasteiger charge is -2.23. The Bertz CT molecular complexity index is 545. The van der Waals surface area contributed by atoms with Crippen LogP contribution in [0.15, 0.2) is 6.07 Å². The van der Waals surface area contributed by atoms with Crippen LogP contribution in [-0.2, 0) is 4.79 Å². The molecule has 1 aliphatic carbocycles. The quantitative estimate of drug-likeness (QED) is 0.887. The Morgan fingerprint density at radius 3 is 2.55 bits per heavy atom. The Morgan fingerprint density at radius 2 is 1.95 bits per heavy atom. The van der Waals surface area contributed by atoms with Gasteiger partial charge >= 0.3 is 5.97 Å². The highest BCUT2D eigenvalue weighted by Gasteiger charge is 2.41. The molecule has 2 N–H and O–H groups in total. The predicted octanol–water partition coefficient (Wildman–Crippen LogP) is 2.16. The number of rotatable bonds is 4. The number of carboxylic acid groups (broad SMARTS) is 1. The first-order valence-electron chi connectivity index (χ1n) is 6.15. The zero-order valence-electron chi connectivity index (χ0n) is 10.5. The maximum absolute atomic E-state index is 12.0. The van der Waals surface area contributed by atoms with Crippen LogP contribution in [0.1, 0.15) is 36.0 Å². The monoisotopic (exact) mass is 317 g/mol. The topological polar surface area (TPSA) is 92.2 Å². The SMILES string of the molecule is O=C(NCC1(C(=O)O)CCCC1)c1cc(Cl)nnc1Cl. The number of carboxylic acids is 1. The van der Waals surface area contributed by atoms with Crippen molar-refractivity contribution in [1.29, 1.82) is 0 Å². The van der Waals surface area contributed by atoms with Crippen LogP contribution in [0.25, 0.3) is 0 Å². The predicted molar refractivity (Wildman–Crippen MR) is 72.9 cm³/mol. The van der Waals surface area contributed by atoms with Crippen LogP contribution >= 0.6 is 23.2 Å². The number of halogens is 2. The summed E-state index contributed by atoms with van der Waals surface area (Å²) in [7, 11) is 0. The summed E-state index contributed by atoms with van der Waals surface area (Å²) >= 11 is 11.4. The molecule has 0 saturated heterocycles. The van der Waals surface area contributed by atoms with Crippen molar-refractivity contribution in [2.45, 2.75) is 25.7 Å². The third-order valence-electron chi connectivity index (χ3n) is 3.57. The minimum atomic E-state index is -0.883. The minimum absolute atomic E-state index is 0.0494. The zero-order valence-corrected chi connectivity index (χ0v) is 12.0. The standard InChI is InChI=1S/C12H13Cl2N3O3/c13-8-5-7(9(14)17-16-8)10(18)15-6-12(11(19)20)3-1-2-4-12/h5H,1-4,6H2,(H,15,18)(H,19,20). The zero-order chi connectivity index (χ0) is 14.8. The van der Waals surface area contributed by atoms with E-state index in [0.717, 1.165) is 12.8 Å². The van der Waals surface area contributed by atoms with Crippen molar-refractivity contribution in [2.75, 3.05) is 6.54 Å². The molecule has 1 heterocycles. The van der Waals surface area contributed by atoms with Gasteiger partial charge in [-0.1, -0.05) is 36.0 Å². The van der Waals surface area contributed by atoms with Gasteiger partial charge in [-0.3, -0.25) is 9.59 Å². The molecule has 0 bridgehead atoms. The number of aromatic nitrogens is 2. The highest BCUT2D eigenvalue weighted by molar-refractivity contribution is 6.34. The Hall–Kier alpha value is -1.40. The maximum atomic E-state index is 12.0. The van der Waals surface area contributed by atoms with Gasteiger partial charge in [0.25, 0.3) is 5.91 Å². The van der Waals surface area contributed by atoms with E-state index in [1.807, 2.05) is 0 Å². The summed E-state index contributed by atoms with van der Waals surface area (Å²) in [6, 6.07) is 1.30. The Balaban J connectivity index is 2.08. The first-order valence-corrected chi connectivity index (χ1v) is 6.90. The number of carbonyl (C=O) groups excluding carboxylic acids is 1. The smallest absolute Gasteiger partial charge is 0.311 e. The lowest BCUT2D eigenvalue weighted by atomic mass is 9.86. The van der Waals surface area contributed by atoms with E-state index in [4.69, 9.17) is 23.2 Å². The van der Waals surface area contributed by atoms with Crippen LogP contribution < -0.4 is 5.32 Å². The van der Waals surface area contributed by atoms with Crippen molar-refractivity contribution in [1.82, 2.24) is 15.5 Å². The molecule has 0 aromatic carbocycles. The molecule has 1 aromatic rings. The molecule has 0 aliphatic heterocycles. The van der Waals surface area contributed by atoms with Gasteiger partial charge in [0, 0.05) is 6.54 Å². The van der Waals surface area contributed by atoms with Gasteiger partial charge in [0.15, 0.2) is 10.3 Å². The fourth-order valence-corrected chi connectivity index (χ4v) is 2.70. The molecule has 0 spiro atoms. The lowest BCUT2D eigenvalue weighted by Crippen LogP contribution is -2.41. The molecular weight excluding hydrogens is 305 g/mol. The van der Waals surface area contributed by atoms with Crippen LogP contribution in [0.4, 0.5) is 0 Å². The first kappa shape index (κ1) is 15.0. The van der Waals surface area contributed by atoms with Crippen LogP contribution in [-0.4, -0.2) is 33.7 Å². The van der Waals surface area contributed by atoms with Gasteiger partial charge in [0.1, 0.15) is 0 Å². The van der Waals surface area contributed by atoms with Gasteiger partial charge in [0.05, 0.1) is 11.0 Å². The summed E-state index contributed by atoms with van der Waals surface area (Å²) < 4.78 is 0. The molecule has 0 atom stereocenters. The molecule has 0 radical (unpaired) electrons. The summed E-state index contributed by atoms with van der Waals surface area (Å²) in [5, 5.41) is 19.0. The van der Waals surface area contributed by atoms with Gasteiger partial charge in [-0.25, -0.2) is 0 Å². The van der Waals surface area contributed by atoms with Crippen molar-refractivity contribution in [3.8, 4) is 0 Å². The molecule has 1 amide bonds. The molecule has 1 aromatic heterocycles. The van der Waals surface area contributed by atoms with E-state index in [1.54, 1.807) is 0 Å². The average Bonchev–Trinajstić information content (AvgIpc) is 2.89. The van der Waals surface area contributed by atoms with Crippen LogP contribution in [0.2, 0.25) is 10.3 Å². The van der Waals surface area contributed by atoms with Crippen molar-refractivity contribution < 1.29 is 14.7 Å². The summed E-state index contributed by atoms with van der Waals surface area (Å²) in [6.07, 6.45) is 2.83. The second kappa shape index (κ2) is 5.93. The van der Waals surface area contributed by atoms with Crippen LogP contribution in [0, 0.1) is 5.41 Å². The number of aliphatic carboxylic acids is 1. The van der Waals surface area contributed by atoms with Gasteiger partial charge in [-0.15, -0.1) is 10.2 Å². The normalized spacial score (nSPS) is 16.9. The molecule has 6 nitrogen and oxygen atoms in total. The molecular formula is C12H13Cl2N3O3. The third kappa shape index (κ3) is 3.02. The lowest BCUT2D eigenvalue weighted by molar-refractivity contribution is -0.148. The molecule has 8 heteroatoms. The fourth-order valence-electron chi connectivity index (χ4n) is 2.38. The molecule has 0 unspecified atom stereocenters. The van der Waals surface area contributed by atoms with Gasteiger partial charge in [-0.2, -0.15) is 0 Å². The summed E-state index contributed by atoms with van der Waals surface area (Å²) in [4.78, 5) is 23.4. The third-order valence-corrected chi connectivity index (χ3v) is 4.03. The van der Waals surface area contributed by atoms with E-state index >= 15 is 0 Å². The van der Waals surface area contributed by atoms with Crippen molar-refractivity contribution >= 4 is 35.1 Å². The van der Waals surface area contributed by atoms with Gasteiger partial charge in [-0.05, 0) is 18.9 Å². The van der Waals surface area contributed by atoms with E-state index in [-0.39, 0.29) is 22.4 Å². The Labute approximate surface area is 125 Å². The molecule has 1 saturated carbocycles. The van der Waals surface area contributed by atoms with Crippen molar-refractivity contribution in [2.24, 2.45) is 5.41 Å². The molecule has 108 valence electrons. The minimum Gasteiger partial charge on any atom is -0.481 e. The Morgan fingerprint density at radius 1 is 1.30 bits per heavy atom. The number of hydrogen-bond acceptors (Lipinski definition) is 4. The second-order valence-electron chi connectivity index (χ2n) is 4.85. The molecule has 2 rings (SSSR count). The van der Waals surface area contributed by atoms with Gasteiger partial charge < -0.3 is 10.4 Å². The average molecular weight is 318 g/mol. The molecule has 1 aliphatic rings. The number of amides is 1. The summed E-state index contributed by atoms with van der Waals surface area (Å²) in [6.45, 7) is 0.0669. The first-order chi connectivity index (χ1) is 9.44. The summed E-state index contributed by atoms with van der Waals surface area (Å²) in [5.41, 5.74) is -0.794. The van der Waals surface area contributed by atoms with E-state index in [1.165, 1.54) is 6.07 Å². The second-order valence-corrected chi connectivity index (χ2v) is 5.59. The highest BCUT2D eigenvalue weighted by Crippen LogP contribution is 2.37. The Kier molecular flexibility index (Phi) is 4.45. The van der Waals surface area contributed by atoms with E-state index in [2.05, 4.69) is 15.5 Å². The number of nitrogens with one attached hydrogen (secondary N) is 1. The van der Waals surface area contributed by atoms with E-state index < -0.39 is 17.3 Å². The van der Waals surface area contributed by atoms with Gasteiger partial charge in [0.2, 0.25) is 0 Å². The molecule has 20 heavy (non-hydrogen) atoms. The summed E-state index contributed by atoms with van der Waals surface area (Å²) in [5.74, 6) is -1.38. The number of hydrogen-bond donors (Lipinski definition) is 2. The van der Waals surface area contributed by atoms with Crippen LogP contribution in [0.5, 0.6) is 0 Å². The number of carbonyl (C=O) groups is 2. The van der Waals surface area contributed by atoms with Crippen LogP contribution in [0.3, 0.4) is 0 Å². The molecule has 1 fully saturated rings. The largest absolute Gasteiger partial charge is 0.481 e. The van der Waals surface area contributed by atoms with E-state index in [0.29, 0.717) is 12.8 Å². The number of nitrogens with zero attached hydrogens (tertiary/aromatic N) is 2. The maximum Gasteiger partial charge on any atom is 0.311 e. The van der Waals surface area contributed by atoms with Crippen molar-refractivity contribution in [3.05, 3.63) is 21.9 Å².